The van der Waals surface area contributed by atoms with Crippen molar-refractivity contribution in [3.8, 4) is 0 Å². The van der Waals surface area contributed by atoms with E-state index in [2.05, 4.69) is 15.5 Å². The first-order valence-electron chi connectivity index (χ1n) is 6.50. The van der Waals surface area contributed by atoms with Gasteiger partial charge in [0.2, 0.25) is 11.8 Å². The quantitative estimate of drug-likeness (QED) is 0.583. The Bertz CT molecular complexity index is 288. The highest BCUT2D eigenvalue weighted by Crippen LogP contribution is 2.10. The first-order chi connectivity index (χ1) is 8.56. The van der Waals surface area contributed by atoms with Crippen molar-refractivity contribution < 1.29 is 9.59 Å². The van der Waals surface area contributed by atoms with Crippen molar-refractivity contribution in [2.75, 3.05) is 33.2 Å². The minimum absolute atomic E-state index is 0.0299. The van der Waals surface area contributed by atoms with Crippen LogP contribution in [0.15, 0.2) is 0 Å². The summed E-state index contributed by atoms with van der Waals surface area (Å²) in [6.07, 6.45) is 1.78. The fraction of sp³-hybridized carbons (Fsp3) is 0.833. The largest absolute Gasteiger partial charge is 0.358 e. The Morgan fingerprint density at radius 3 is 2.50 bits per heavy atom. The lowest BCUT2D eigenvalue weighted by Crippen LogP contribution is -2.48. The number of likely N-dealkylation sites (N-methyl/N-ethyl adjacent to an activating group) is 1. The lowest BCUT2D eigenvalue weighted by molar-refractivity contribution is -0.126. The molecule has 1 aliphatic rings. The average Bonchev–Trinajstić information content (AvgIpc) is 2.39. The summed E-state index contributed by atoms with van der Waals surface area (Å²) < 4.78 is 0. The zero-order valence-electron chi connectivity index (χ0n) is 11.2. The first kappa shape index (κ1) is 14.9. The van der Waals surface area contributed by atoms with Gasteiger partial charge in [-0.15, -0.1) is 0 Å². The van der Waals surface area contributed by atoms with E-state index >= 15 is 0 Å². The van der Waals surface area contributed by atoms with Crippen molar-refractivity contribution in [3.63, 3.8) is 0 Å². The number of hydrogen-bond acceptors (Lipinski definition) is 4. The highest BCUT2D eigenvalue weighted by Gasteiger charge is 2.23. The molecule has 0 aromatic carbocycles. The molecule has 0 aromatic heterocycles. The van der Waals surface area contributed by atoms with Crippen LogP contribution in [0.3, 0.4) is 0 Å². The van der Waals surface area contributed by atoms with Crippen LogP contribution in [0.5, 0.6) is 0 Å². The summed E-state index contributed by atoms with van der Waals surface area (Å²) in [6.45, 7) is 4.33. The molecular formula is C12H24N4O2. The molecule has 1 aliphatic heterocycles. The predicted octanol–water partition coefficient (Wildman–Crippen LogP) is -1.09. The molecular weight excluding hydrogens is 232 g/mol. The summed E-state index contributed by atoms with van der Waals surface area (Å²) in [6, 6.07) is 0.215. The second kappa shape index (κ2) is 7.33. The van der Waals surface area contributed by atoms with Crippen molar-refractivity contribution in [1.29, 1.82) is 0 Å². The fourth-order valence-corrected chi connectivity index (χ4v) is 1.97. The lowest BCUT2D eigenvalue weighted by Gasteiger charge is -2.32. The first-order valence-corrected chi connectivity index (χ1v) is 6.50. The third kappa shape index (κ3) is 4.62. The van der Waals surface area contributed by atoms with Gasteiger partial charge >= 0.3 is 0 Å². The molecule has 2 amide bonds. The molecule has 0 aliphatic carbocycles. The number of rotatable bonds is 5. The van der Waals surface area contributed by atoms with Crippen LogP contribution >= 0.6 is 0 Å². The Hall–Kier alpha value is -1.14. The van der Waals surface area contributed by atoms with E-state index in [1.165, 1.54) is 0 Å². The molecule has 18 heavy (non-hydrogen) atoms. The van der Waals surface area contributed by atoms with Gasteiger partial charge in [0.25, 0.3) is 0 Å². The highest BCUT2D eigenvalue weighted by molar-refractivity contribution is 5.79. The Labute approximate surface area is 108 Å². The number of hydrogen-bond donors (Lipinski definition) is 3. The van der Waals surface area contributed by atoms with Crippen LogP contribution in [0, 0.1) is 5.92 Å². The average molecular weight is 256 g/mol. The van der Waals surface area contributed by atoms with E-state index < -0.39 is 0 Å². The molecule has 0 aromatic rings. The van der Waals surface area contributed by atoms with Crippen LogP contribution in [0.1, 0.15) is 19.8 Å². The second-order valence-electron chi connectivity index (χ2n) is 4.87. The topological polar surface area (TPSA) is 87.5 Å². The molecule has 6 nitrogen and oxygen atoms in total. The molecule has 0 bridgehead atoms. The van der Waals surface area contributed by atoms with Gasteiger partial charge in [-0.05, 0) is 12.8 Å². The summed E-state index contributed by atoms with van der Waals surface area (Å²) >= 11 is 0. The van der Waals surface area contributed by atoms with E-state index in [1.807, 2.05) is 6.92 Å². The number of amides is 2. The zero-order chi connectivity index (χ0) is 13.5. The second-order valence-corrected chi connectivity index (χ2v) is 4.87. The lowest BCUT2D eigenvalue weighted by atomic mass is 10.0. The number of nitrogens with zero attached hydrogens (tertiary/aromatic N) is 1. The number of nitrogens with one attached hydrogen (secondary N) is 2. The number of piperidine rings is 1. The molecule has 6 heteroatoms. The van der Waals surface area contributed by atoms with Gasteiger partial charge < -0.3 is 16.4 Å². The molecule has 1 unspecified atom stereocenters. The highest BCUT2D eigenvalue weighted by atomic mass is 16.2. The monoisotopic (exact) mass is 256 g/mol. The summed E-state index contributed by atoms with van der Waals surface area (Å²) in [5.41, 5.74) is 5.46. The van der Waals surface area contributed by atoms with E-state index in [1.54, 1.807) is 7.05 Å². The molecule has 4 N–H and O–H groups in total. The van der Waals surface area contributed by atoms with E-state index in [-0.39, 0.29) is 23.8 Å². The molecule has 1 saturated heterocycles. The van der Waals surface area contributed by atoms with Crippen molar-refractivity contribution in [1.82, 2.24) is 15.5 Å². The number of nitrogens with two attached hydrogens (primary N) is 1. The predicted molar refractivity (Wildman–Crippen MR) is 69.9 cm³/mol. The van der Waals surface area contributed by atoms with Gasteiger partial charge in [-0.25, -0.2) is 0 Å². The van der Waals surface area contributed by atoms with Crippen LogP contribution in [-0.2, 0) is 9.59 Å². The van der Waals surface area contributed by atoms with Gasteiger partial charge in [0.05, 0.1) is 6.54 Å². The molecule has 1 atom stereocenters. The van der Waals surface area contributed by atoms with Crippen LogP contribution in [0.2, 0.25) is 0 Å². The van der Waals surface area contributed by atoms with Crippen molar-refractivity contribution in [2.45, 2.75) is 25.8 Å². The molecule has 0 radical (unpaired) electrons. The number of likely N-dealkylation sites (tertiary alicyclic amines) is 1. The minimum atomic E-state index is -0.131. The van der Waals surface area contributed by atoms with Gasteiger partial charge in [0.1, 0.15) is 0 Å². The summed E-state index contributed by atoms with van der Waals surface area (Å²) in [5.74, 6) is -0.0645. The molecule has 1 rings (SSSR count). The third-order valence-electron chi connectivity index (χ3n) is 3.38. The maximum atomic E-state index is 11.7. The molecule has 1 fully saturated rings. The standard InChI is InChI=1S/C12H24N4O2/c1-9(7-13)12(18)15-10-3-5-16(6-4-10)8-11(17)14-2/h9-10H,3-8,13H2,1-2H3,(H,14,17)(H,15,18). The summed E-state index contributed by atoms with van der Waals surface area (Å²) in [4.78, 5) is 25.0. The van der Waals surface area contributed by atoms with Gasteiger partial charge in [0, 0.05) is 38.6 Å². The maximum Gasteiger partial charge on any atom is 0.233 e. The minimum Gasteiger partial charge on any atom is -0.358 e. The molecule has 0 spiro atoms. The van der Waals surface area contributed by atoms with Crippen molar-refractivity contribution in [3.05, 3.63) is 0 Å². The Balaban J connectivity index is 2.27. The van der Waals surface area contributed by atoms with E-state index in [9.17, 15) is 9.59 Å². The fourth-order valence-electron chi connectivity index (χ4n) is 1.97. The van der Waals surface area contributed by atoms with Gasteiger partial charge in [-0.1, -0.05) is 6.92 Å². The zero-order valence-corrected chi connectivity index (χ0v) is 11.2. The maximum absolute atomic E-state index is 11.7. The molecule has 1 heterocycles. The Morgan fingerprint density at radius 2 is 2.00 bits per heavy atom. The van der Waals surface area contributed by atoms with E-state index in [0.29, 0.717) is 13.1 Å². The summed E-state index contributed by atoms with van der Waals surface area (Å²) in [5, 5.41) is 5.63. The van der Waals surface area contributed by atoms with Crippen molar-refractivity contribution >= 4 is 11.8 Å². The third-order valence-corrected chi connectivity index (χ3v) is 3.38. The van der Waals surface area contributed by atoms with Crippen LogP contribution in [0.4, 0.5) is 0 Å². The van der Waals surface area contributed by atoms with Gasteiger partial charge in [-0.2, -0.15) is 0 Å². The summed E-state index contributed by atoms with van der Waals surface area (Å²) in [7, 11) is 1.64. The Morgan fingerprint density at radius 1 is 1.39 bits per heavy atom. The van der Waals surface area contributed by atoms with E-state index in [0.717, 1.165) is 25.9 Å². The SMILES string of the molecule is CNC(=O)CN1CCC(NC(=O)C(C)CN)CC1. The number of carbonyl (C=O) groups excluding carboxylic acids is 2. The molecule has 0 saturated carbocycles. The number of carbonyl (C=O) groups is 2. The van der Waals surface area contributed by atoms with Crippen LogP contribution in [-0.4, -0.2) is 56.0 Å². The van der Waals surface area contributed by atoms with Gasteiger partial charge in [0.15, 0.2) is 0 Å². The normalized spacial score (nSPS) is 19.3. The van der Waals surface area contributed by atoms with E-state index in [4.69, 9.17) is 5.73 Å². The van der Waals surface area contributed by atoms with Gasteiger partial charge in [-0.3, -0.25) is 14.5 Å². The van der Waals surface area contributed by atoms with Crippen LogP contribution < -0.4 is 16.4 Å². The van der Waals surface area contributed by atoms with Crippen molar-refractivity contribution in [2.24, 2.45) is 11.7 Å². The molecule has 104 valence electrons. The Kier molecular flexibility index (Phi) is 6.07. The smallest absolute Gasteiger partial charge is 0.233 e. The van der Waals surface area contributed by atoms with Crippen LogP contribution in [0.25, 0.3) is 0 Å².